The number of benzene rings is 3. The highest BCUT2D eigenvalue weighted by Crippen LogP contribution is 2.38. The van der Waals surface area contributed by atoms with Crippen molar-refractivity contribution < 1.29 is 33.4 Å². The third-order valence-corrected chi connectivity index (χ3v) is 5.63. The van der Waals surface area contributed by atoms with Crippen LogP contribution in [-0.4, -0.2) is 52.8 Å². The molecule has 4 rings (SSSR count). The lowest BCUT2D eigenvalue weighted by Gasteiger charge is -2.18. The summed E-state index contributed by atoms with van der Waals surface area (Å²) in [7, 11) is 1.51. The zero-order valence-electron chi connectivity index (χ0n) is 20.9. The minimum Gasteiger partial charge on any atom is -0.490 e. The molecule has 0 bridgehead atoms. The molecule has 0 radical (unpaired) electrons. The summed E-state index contributed by atoms with van der Waals surface area (Å²) < 4.78 is 26.1. The number of anilines is 2. The van der Waals surface area contributed by atoms with Gasteiger partial charge in [-0.2, -0.15) is 0 Å². The Balaban J connectivity index is 1.61. The lowest BCUT2D eigenvalue weighted by Crippen LogP contribution is -2.19. The first-order valence-electron chi connectivity index (χ1n) is 11.8. The van der Waals surface area contributed by atoms with Crippen LogP contribution in [0.25, 0.3) is 16.8 Å². The van der Waals surface area contributed by atoms with Crippen molar-refractivity contribution in [1.29, 1.82) is 0 Å². The fraction of sp³-hybridized carbons (Fsp3) is 0.143. The highest BCUT2D eigenvalue weighted by atomic mass is 19.1. The highest BCUT2D eigenvalue weighted by molar-refractivity contribution is 6.12. The van der Waals surface area contributed by atoms with Gasteiger partial charge in [0.25, 0.3) is 0 Å². The Morgan fingerprint density at radius 2 is 1.77 bits per heavy atom. The molecule has 2 amide bonds. The minimum atomic E-state index is -1.37. The summed E-state index contributed by atoms with van der Waals surface area (Å²) in [6.07, 6.45) is 3.08. The van der Waals surface area contributed by atoms with Gasteiger partial charge in [-0.1, -0.05) is 24.3 Å². The molecule has 0 saturated carbocycles. The number of hydrogen-bond donors (Lipinski definition) is 3. The van der Waals surface area contributed by atoms with Gasteiger partial charge in [0.2, 0.25) is 5.91 Å². The first-order chi connectivity index (χ1) is 18.8. The number of nitrogens with one attached hydrogen (secondary N) is 2. The van der Waals surface area contributed by atoms with Gasteiger partial charge in [-0.15, -0.1) is 0 Å². The molecule has 0 atom stereocenters. The van der Waals surface area contributed by atoms with E-state index >= 15 is 0 Å². The number of carbonyl (C=O) groups excluding carboxylic acids is 2. The van der Waals surface area contributed by atoms with Gasteiger partial charge in [0.05, 0.1) is 30.7 Å². The van der Waals surface area contributed by atoms with Crippen LogP contribution in [0.2, 0.25) is 0 Å². The standard InChI is InChI=1S/C28H25FN4O6/c1-38-11-12-39-26-15-24(32-28(36)37)23(14-22(26)18-5-7-20(29)8-6-18)31-27(35)16-25(34)19-3-2-4-21(13-19)33-10-9-30-17-33/h2-10,13-15,17,32H,11-12,16H2,1H3,(H,31,35)(H,36,37). The van der Waals surface area contributed by atoms with Crippen molar-refractivity contribution >= 4 is 29.2 Å². The Morgan fingerprint density at radius 3 is 2.46 bits per heavy atom. The van der Waals surface area contributed by atoms with Gasteiger partial charge >= 0.3 is 6.09 Å². The van der Waals surface area contributed by atoms with Crippen molar-refractivity contribution in [2.45, 2.75) is 6.42 Å². The van der Waals surface area contributed by atoms with Gasteiger partial charge in [0.15, 0.2) is 5.78 Å². The van der Waals surface area contributed by atoms with Crippen molar-refractivity contribution in [2.75, 3.05) is 31.0 Å². The molecule has 3 aromatic carbocycles. The quantitative estimate of drug-likeness (QED) is 0.141. The fourth-order valence-electron chi connectivity index (χ4n) is 3.81. The number of carbonyl (C=O) groups is 3. The zero-order chi connectivity index (χ0) is 27.8. The van der Waals surface area contributed by atoms with Gasteiger partial charge in [0.1, 0.15) is 18.2 Å². The zero-order valence-corrected chi connectivity index (χ0v) is 20.9. The third kappa shape index (κ3) is 7.05. The molecule has 10 nitrogen and oxygen atoms in total. The number of aromatic nitrogens is 2. The predicted octanol–water partition coefficient (Wildman–Crippen LogP) is 5.01. The summed E-state index contributed by atoms with van der Waals surface area (Å²) in [4.78, 5) is 41.3. The molecule has 39 heavy (non-hydrogen) atoms. The van der Waals surface area contributed by atoms with Crippen molar-refractivity contribution in [2.24, 2.45) is 0 Å². The van der Waals surface area contributed by atoms with Gasteiger partial charge in [-0.25, -0.2) is 14.2 Å². The van der Waals surface area contributed by atoms with Crippen LogP contribution in [0.15, 0.2) is 79.4 Å². The Hall–Kier alpha value is -5.03. The van der Waals surface area contributed by atoms with E-state index in [-0.39, 0.29) is 30.3 Å². The molecule has 0 aliphatic rings. The molecule has 0 saturated heterocycles. The van der Waals surface area contributed by atoms with E-state index in [1.807, 2.05) is 0 Å². The van der Waals surface area contributed by atoms with E-state index in [4.69, 9.17) is 9.47 Å². The molecule has 0 unspecified atom stereocenters. The molecule has 1 aromatic heterocycles. The van der Waals surface area contributed by atoms with Crippen LogP contribution in [0.3, 0.4) is 0 Å². The van der Waals surface area contributed by atoms with E-state index in [0.717, 1.165) is 0 Å². The van der Waals surface area contributed by atoms with Crippen molar-refractivity contribution in [3.63, 3.8) is 0 Å². The second-order valence-electron chi connectivity index (χ2n) is 8.34. The van der Waals surface area contributed by atoms with Gasteiger partial charge in [-0.05, 0) is 35.9 Å². The Kier molecular flexibility index (Phi) is 8.64. The fourth-order valence-corrected chi connectivity index (χ4v) is 3.81. The second-order valence-corrected chi connectivity index (χ2v) is 8.34. The van der Waals surface area contributed by atoms with Crippen LogP contribution < -0.4 is 15.4 Å². The molecule has 0 fully saturated rings. The molecule has 3 N–H and O–H groups in total. The monoisotopic (exact) mass is 532 g/mol. The summed E-state index contributed by atoms with van der Waals surface area (Å²) >= 11 is 0. The van der Waals surface area contributed by atoms with E-state index in [1.54, 1.807) is 47.6 Å². The van der Waals surface area contributed by atoms with E-state index in [0.29, 0.717) is 22.4 Å². The van der Waals surface area contributed by atoms with Crippen LogP contribution in [0, 0.1) is 5.82 Å². The smallest absolute Gasteiger partial charge is 0.409 e. The van der Waals surface area contributed by atoms with Gasteiger partial charge in [-0.3, -0.25) is 14.9 Å². The van der Waals surface area contributed by atoms with Crippen LogP contribution in [0.1, 0.15) is 16.8 Å². The topological polar surface area (TPSA) is 132 Å². The minimum absolute atomic E-state index is 0.0312. The molecular weight excluding hydrogens is 507 g/mol. The average Bonchev–Trinajstić information content (AvgIpc) is 3.46. The van der Waals surface area contributed by atoms with E-state index in [1.165, 1.54) is 43.5 Å². The number of ketones is 1. The lowest BCUT2D eigenvalue weighted by molar-refractivity contribution is -0.115. The van der Waals surface area contributed by atoms with Crippen LogP contribution in [-0.2, 0) is 9.53 Å². The summed E-state index contributed by atoms with van der Waals surface area (Å²) in [5, 5.41) is 14.2. The largest absolute Gasteiger partial charge is 0.490 e. The van der Waals surface area contributed by atoms with Crippen LogP contribution >= 0.6 is 0 Å². The number of Topliss-reactive ketones (excluding diaryl/α,β-unsaturated/α-hetero) is 1. The first-order valence-corrected chi connectivity index (χ1v) is 11.8. The van der Waals surface area contributed by atoms with Gasteiger partial charge < -0.3 is 24.5 Å². The Labute approximate surface area is 223 Å². The second kappa shape index (κ2) is 12.5. The van der Waals surface area contributed by atoms with E-state index < -0.39 is 30.0 Å². The van der Waals surface area contributed by atoms with Crippen LogP contribution in [0.4, 0.5) is 20.6 Å². The van der Waals surface area contributed by atoms with E-state index in [9.17, 15) is 23.9 Å². The summed E-state index contributed by atoms with van der Waals surface area (Å²) in [5.74, 6) is -1.23. The number of rotatable bonds is 11. The third-order valence-electron chi connectivity index (χ3n) is 5.63. The average molecular weight is 533 g/mol. The predicted molar refractivity (Wildman–Crippen MR) is 142 cm³/mol. The molecular formula is C28H25FN4O6. The molecule has 0 spiro atoms. The molecule has 4 aromatic rings. The van der Waals surface area contributed by atoms with Crippen molar-refractivity contribution in [3.8, 4) is 22.6 Å². The number of nitrogens with zero attached hydrogens (tertiary/aromatic N) is 2. The molecule has 1 heterocycles. The maximum atomic E-state index is 13.6. The van der Waals surface area contributed by atoms with Crippen LogP contribution in [0.5, 0.6) is 5.75 Å². The maximum Gasteiger partial charge on any atom is 0.409 e. The number of ether oxygens (including phenoxy) is 2. The van der Waals surface area contributed by atoms with Crippen molar-refractivity contribution in [1.82, 2.24) is 9.55 Å². The van der Waals surface area contributed by atoms with Gasteiger partial charge in [0, 0.05) is 42.4 Å². The number of methoxy groups -OCH3 is 1. The maximum absolute atomic E-state index is 13.6. The normalized spacial score (nSPS) is 10.6. The molecule has 0 aliphatic carbocycles. The Morgan fingerprint density at radius 1 is 1.00 bits per heavy atom. The Bertz CT molecular complexity index is 1470. The summed E-state index contributed by atoms with van der Waals surface area (Å²) in [5.41, 5.74) is 2.20. The lowest BCUT2D eigenvalue weighted by atomic mass is 10.0. The summed E-state index contributed by atoms with van der Waals surface area (Å²) in [6, 6.07) is 15.3. The van der Waals surface area contributed by atoms with Crippen molar-refractivity contribution in [3.05, 3.63) is 90.8 Å². The molecule has 200 valence electrons. The number of imidazole rings is 1. The number of amides is 2. The SMILES string of the molecule is COCCOc1cc(NC(=O)O)c(NC(=O)CC(=O)c2cccc(-n3ccnc3)c2)cc1-c1ccc(F)cc1. The number of halogens is 1. The molecule has 11 heteroatoms. The van der Waals surface area contributed by atoms with E-state index in [2.05, 4.69) is 15.6 Å². The number of carboxylic acid groups (broad SMARTS) is 1. The molecule has 0 aliphatic heterocycles. The summed E-state index contributed by atoms with van der Waals surface area (Å²) in [6.45, 7) is 0.433. The highest BCUT2D eigenvalue weighted by Gasteiger charge is 2.19. The first kappa shape index (κ1) is 27.0. The number of hydrogen-bond acceptors (Lipinski definition) is 6.